The van der Waals surface area contributed by atoms with Crippen LogP contribution in [-0.2, 0) is 11.3 Å². The molecule has 1 atom stereocenters. The van der Waals surface area contributed by atoms with Gasteiger partial charge in [0, 0.05) is 51.2 Å². The minimum absolute atomic E-state index is 0.0415. The Bertz CT molecular complexity index is 835. The number of rotatable bonds is 4. The van der Waals surface area contributed by atoms with Crippen molar-refractivity contribution in [3.63, 3.8) is 0 Å². The lowest BCUT2D eigenvalue weighted by molar-refractivity contribution is -0.130. The largest absolute Gasteiger partial charge is 0.339 e. The first-order chi connectivity index (χ1) is 13.1. The van der Waals surface area contributed by atoms with Gasteiger partial charge in [0.05, 0.1) is 0 Å². The number of likely N-dealkylation sites (N-methyl/N-ethyl adjacent to an activating group) is 1. The van der Waals surface area contributed by atoms with Crippen molar-refractivity contribution in [2.24, 2.45) is 0 Å². The van der Waals surface area contributed by atoms with E-state index in [9.17, 15) is 4.79 Å². The summed E-state index contributed by atoms with van der Waals surface area (Å²) in [5.74, 6) is 0.246. The van der Waals surface area contributed by atoms with Crippen LogP contribution in [0.1, 0.15) is 24.8 Å². The average molecular weight is 369 g/mol. The lowest BCUT2D eigenvalue weighted by Crippen LogP contribution is -2.60. The number of amides is 1. The zero-order valence-corrected chi connectivity index (χ0v) is 15.9. The highest BCUT2D eigenvalue weighted by Crippen LogP contribution is 2.33. The van der Waals surface area contributed by atoms with Crippen LogP contribution in [0.5, 0.6) is 0 Å². The van der Waals surface area contributed by atoms with Crippen LogP contribution in [-0.4, -0.2) is 76.2 Å². The van der Waals surface area contributed by atoms with E-state index < -0.39 is 0 Å². The van der Waals surface area contributed by atoms with E-state index in [-0.39, 0.29) is 11.4 Å². The highest BCUT2D eigenvalue weighted by molar-refractivity contribution is 5.77. The first-order valence-electron chi connectivity index (χ1n) is 9.64. The van der Waals surface area contributed by atoms with Crippen molar-refractivity contribution in [2.75, 3.05) is 39.8 Å². The summed E-state index contributed by atoms with van der Waals surface area (Å²) < 4.78 is 4.91. The molecule has 2 aliphatic rings. The van der Waals surface area contributed by atoms with Gasteiger partial charge in [0.1, 0.15) is 11.0 Å². The average Bonchev–Trinajstić information content (AvgIpc) is 3.10. The lowest BCUT2D eigenvalue weighted by Gasteiger charge is -2.49. The van der Waals surface area contributed by atoms with Gasteiger partial charge in [-0.3, -0.25) is 14.6 Å². The van der Waals surface area contributed by atoms with Crippen molar-refractivity contribution >= 4 is 16.9 Å². The molecule has 3 heterocycles. The number of hydrogen-bond acceptors (Lipinski definition) is 6. The minimum Gasteiger partial charge on any atom is -0.339 e. The van der Waals surface area contributed by atoms with Crippen LogP contribution in [0, 0.1) is 0 Å². The summed E-state index contributed by atoms with van der Waals surface area (Å²) in [6, 6.07) is 6.02. The summed E-state index contributed by atoms with van der Waals surface area (Å²) >= 11 is 0. The third-order valence-corrected chi connectivity index (χ3v) is 6.20. The highest BCUT2D eigenvalue weighted by atomic mass is 16.6. The zero-order valence-electron chi connectivity index (χ0n) is 15.9. The van der Waals surface area contributed by atoms with E-state index in [1.807, 2.05) is 23.1 Å². The Kier molecular flexibility index (Phi) is 4.97. The highest BCUT2D eigenvalue weighted by Gasteiger charge is 2.42. The molecular formula is C20H27N5O2. The van der Waals surface area contributed by atoms with Crippen molar-refractivity contribution < 1.29 is 9.42 Å². The maximum Gasteiger partial charge on any atom is 0.222 e. The third-order valence-electron chi connectivity index (χ3n) is 6.20. The van der Waals surface area contributed by atoms with Crippen molar-refractivity contribution in [1.29, 1.82) is 0 Å². The van der Waals surface area contributed by atoms with Gasteiger partial charge in [-0.2, -0.15) is 0 Å². The summed E-state index contributed by atoms with van der Waals surface area (Å²) in [6.45, 7) is 9.02. The van der Waals surface area contributed by atoms with Crippen LogP contribution in [0.25, 0.3) is 11.0 Å². The molecule has 1 aromatic heterocycles. The van der Waals surface area contributed by atoms with E-state index in [4.69, 9.17) is 4.63 Å². The van der Waals surface area contributed by atoms with Gasteiger partial charge in [0.15, 0.2) is 0 Å². The number of carbonyl (C=O) groups excluding carboxylic acids is 1. The van der Waals surface area contributed by atoms with E-state index in [2.05, 4.69) is 39.8 Å². The predicted octanol–water partition coefficient (Wildman–Crippen LogP) is 1.91. The molecule has 1 amide bonds. The van der Waals surface area contributed by atoms with Gasteiger partial charge in [-0.15, -0.1) is 6.58 Å². The van der Waals surface area contributed by atoms with E-state index in [1.54, 1.807) is 0 Å². The van der Waals surface area contributed by atoms with Crippen LogP contribution in [0.3, 0.4) is 0 Å². The van der Waals surface area contributed by atoms with Crippen LogP contribution in [0.2, 0.25) is 0 Å². The van der Waals surface area contributed by atoms with Gasteiger partial charge in [-0.1, -0.05) is 18.2 Å². The smallest absolute Gasteiger partial charge is 0.222 e. The number of likely N-dealkylation sites (tertiary alicyclic amines) is 1. The van der Waals surface area contributed by atoms with Gasteiger partial charge in [0.25, 0.3) is 0 Å². The molecule has 2 aliphatic heterocycles. The number of fused-ring (bicyclic) bond motifs is 1. The molecule has 7 nitrogen and oxygen atoms in total. The molecule has 0 bridgehead atoms. The maximum absolute atomic E-state index is 12.4. The zero-order chi connectivity index (χ0) is 18.9. The number of hydrogen-bond donors (Lipinski definition) is 0. The van der Waals surface area contributed by atoms with Crippen LogP contribution >= 0.6 is 0 Å². The molecule has 144 valence electrons. The monoisotopic (exact) mass is 369 g/mol. The van der Waals surface area contributed by atoms with E-state index in [0.717, 1.165) is 62.2 Å². The summed E-state index contributed by atoms with van der Waals surface area (Å²) in [5, 5.41) is 8.02. The number of benzene rings is 1. The molecule has 0 aliphatic carbocycles. The molecule has 0 radical (unpaired) electrons. The summed E-state index contributed by atoms with van der Waals surface area (Å²) in [4.78, 5) is 19.3. The van der Waals surface area contributed by atoms with Crippen molar-refractivity contribution in [3.05, 3.63) is 36.4 Å². The Hall–Kier alpha value is -2.25. The van der Waals surface area contributed by atoms with E-state index >= 15 is 0 Å². The predicted molar refractivity (Wildman–Crippen MR) is 103 cm³/mol. The molecule has 2 aromatic rings. The fourth-order valence-corrected chi connectivity index (χ4v) is 4.49. The van der Waals surface area contributed by atoms with Gasteiger partial charge in [-0.25, -0.2) is 4.63 Å². The molecule has 2 saturated heterocycles. The molecule has 1 spiro atoms. The van der Waals surface area contributed by atoms with Gasteiger partial charge in [0.2, 0.25) is 5.91 Å². The summed E-state index contributed by atoms with van der Waals surface area (Å²) in [5.41, 5.74) is 2.83. The minimum atomic E-state index is 0.0415. The second-order valence-corrected chi connectivity index (χ2v) is 7.78. The fraction of sp³-hybridized carbons (Fsp3) is 0.550. The number of nitrogens with zero attached hydrogens (tertiary/aromatic N) is 5. The van der Waals surface area contributed by atoms with Crippen molar-refractivity contribution in [2.45, 2.75) is 31.3 Å². The standard InChI is InChI=1S/C20H27N5O2/c1-3-10-25-11-9-20(8-7-18(25)26)15-24(13-12-23(20)2)14-16-5-4-6-17-19(16)22-27-21-17/h3-6H,1,7-15H2,2H3. The van der Waals surface area contributed by atoms with Crippen LogP contribution in [0.15, 0.2) is 35.5 Å². The number of aromatic nitrogens is 2. The van der Waals surface area contributed by atoms with Crippen LogP contribution < -0.4 is 0 Å². The third kappa shape index (κ3) is 3.49. The van der Waals surface area contributed by atoms with Crippen molar-refractivity contribution in [3.8, 4) is 0 Å². The maximum atomic E-state index is 12.4. The second-order valence-electron chi connectivity index (χ2n) is 7.78. The van der Waals surface area contributed by atoms with Gasteiger partial charge < -0.3 is 4.90 Å². The molecule has 0 N–H and O–H groups in total. The normalized spacial score (nSPS) is 25.2. The Labute approximate surface area is 159 Å². The topological polar surface area (TPSA) is 65.7 Å². The van der Waals surface area contributed by atoms with E-state index in [0.29, 0.717) is 13.0 Å². The molecule has 4 rings (SSSR count). The molecule has 1 aromatic carbocycles. The van der Waals surface area contributed by atoms with Gasteiger partial charge in [-0.05, 0) is 41.8 Å². The van der Waals surface area contributed by atoms with Crippen molar-refractivity contribution in [1.82, 2.24) is 25.0 Å². The lowest BCUT2D eigenvalue weighted by atomic mass is 9.86. The Morgan fingerprint density at radius 2 is 2.15 bits per heavy atom. The Morgan fingerprint density at radius 3 is 3.00 bits per heavy atom. The molecule has 0 saturated carbocycles. The quantitative estimate of drug-likeness (QED) is 0.767. The summed E-state index contributed by atoms with van der Waals surface area (Å²) in [6.07, 6.45) is 4.33. The van der Waals surface area contributed by atoms with Gasteiger partial charge >= 0.3 is 0 Å². The number of carbonyl (C=O) groups is 1. The first kappa shape index (κ1) is 18.1. The number of piperazine rings is 1. The Balaban J connectivity index is 1.52. The van der Waals surface area contributed by atoms with Crippen LogP contribution in [0.4, 0.5) is 0 Å². The SMILES string of the molecule is C=CCN1CCC2(CCC1=O)CN(Cc1cccc3nonc13)CCN2C. The Morgan fingerprint density at radius 1 is 1.26 bits per heavy atom. The molecular weight excluding hydrogens is 342 g/mol. The fourth-order valence-electron chi connectivity index (χ4n) is 4.49. The summed E-state index contributed by atoms with van der Waals surface area (Å²) in [7, 11) is 2.20. The molecule has 1 unspecified atom stereocenters. The molecule has 27 heavy (non-hydrogen) atoms. The molecule has 2 fully saturated rings. The van der Waals surface area contributed by atoms with E-state index in [1.165, 1.54) is 0 Å². The molecule has 7 heteroatoms. The first-order valence-corrected chi connectivity index (χ1v) is 9.64. The second kappa shape index (κ2) is 7.40.